The number of pyridine rings is 1. The van der Waals surface area contributed by atoms with Gasteiger partial charge in [-0.15, -0.1) is 6.42 Å². The number of phenolic OH excluding ortho intramolecular Hbond substituents is 1. The van der Waals surface area contributed by atoms with E-state index in [1.54, 1.807) is 29.1 Å². The van der Waals surface area contributed by atoms with Crippen LogP contribution in [0.5, 0.6) is 11.6 Å². The number of fused-ring (bicyclic) bond motifs is 4. The highest BCUT2D eigenvalue weighted by Crippen LogP contribution is 2.47. The zero-order valence-corrected chi connectivity index (χ0v) is 25.1. The monoisotopic (exact) mass is 614 g/mol. The summed E-state index contributed by atoms with van der Waals surface area (Å²) in [5, 5.41) is 15.2. The summed E-state index contributed by atoms with van der Waals surface area (Å²) < 4.78 is 45.2. The van der Waals surface area contributed by atoms with Crippen LogP contribution >= 0.6 is 0 Å². The molecule has 0 radical (unpaired) electrons. The number of hydrogen-bond donors (Lipinski definition) is 2. The number of phenols is 1. The number of terminal acetylenes is 1. The minimum Gasteiger partial charge on any atom is -0.508 e. The molecule has 3 aliphatic heterocycles. The van der Waals surface area contributed by atoms with E-state index < -0.39 is 11.6 Å². The maximum Gasteiger partial charge on any atom is 0.244 e. The second-order valence-corrected chi connectivity index (χ2v) is 13.1. The SMILES string of the molecule is C#Cc1c(F)ccc2cc(O)cc(Cn3cnc4c(OCC5(CN6CCOCC6)CC5)nc(N5CC6CCC(C5)N6)c(F)c43)c12. The summed E-state index contributed by atoms with van der Waals surface area (Å²) in [6, 6.07) is 6.54. The first kappa shape index (κ1) is 28.5. The molecule has 234 valence electrons. The number of rotatable bonds is 8. The Bertz CT molecular complexity index is 1810. The van der Waals surface area contributed by atoms with E-state index in [0.717, 1.165) is 58.5 Å². The number of halogens is 2. The van der Waals surface area contributed by atoms with Crippen LogP contribution in [0.2, 0.25) is 0 Å². The van der Waals surface area contributed by atoms with Crippen molar-refractivity contribution in [1.29, 1.82) is 0 Å². The lowest BCUT2D eigenvalue weighted by molar-refractivity contribution is 0.0234. The molecule has 11 heteroatoms. The fraction of sp³-hybridized carbons (Fsp3) is 0.471. The van der Waals surface area contributed by atoms with Crippen LogP contribution in [0.15, 0.2) is 30.6 Å². The second-order valence-electron chi connectivity index (χ2n) is 13.1. The minimum absolute atomic E-state index is 0.00893. The van der Waals surface area contributed by atoms with Crippen molar-refractivity contribution in [3.8, 4) is 24.0 Å². The Balaban J connectivity index is 1.19. The molecule has 4 aromatic rings. The molecule has 1 aliphatic carbocycles. The van der Waals surface area contributed by atoms with Gasteiger partial charge in [-0.05, 0) is 54.8 Å². The third-order valence-electron chi connectivity index (χ3n) is 9.92. The van der Waals surface area contributed by atoms with Gasteiger partial charge in [0.15, 0.2) is 17.2 Å². The zero-order chi connectivity index (χ0) is 30.7. The molecular weight excluding hydrogens is 578 g/mol. The lowest BCUT2D eigenvalue weighted by atomic mass is 9.98. The summed E-state index contributed by atoms with van der Waals surface area (Å²) in [7, 11) is 0. The number of benzene rings is 2. The average Bonchev–Trinajstić information content (AvgIpc) is 3.53. The Morgan fingerprint density at radius 3 is 2.64 bits per heavy atom. The lowest BCUT2D eigenvalue weighted by Crippen LogP contribution is -2.51. The molecule has 2 bridgehead atoms. The Kier molecular flexibility index (Phi) is 7.04. The fourth-order valence-electron chi connectivity index (χ4n) is 7.41. The number of aromatic hydroxyl groups is 1. The minimum atomic E-state index is -0.528. The van der Waals surface area contributed by atoms with Crippen LogP contribution in [0.4, 0.5) is 14.6 Å². The summed E-state index contributed by atoms with van der Waals surface area (Å²) in [6.07, 6.45) is 11.5. The summed E-state index contributed by atoms with van der Waals surface area (Å²) in [5.74, 6) is 2.04. The van der Waals surface area contributed by atoms with Crippen LogP contribution in [0.1, 0.15) is 36.8 Å². The number of nitrogens with one attached hydrogen (secondary N) is 1. The van der Waals surface area contributed by atoms with Gasteiger partial charge in [0.2, 0.25) is 5.88 Å². The van der Waals surface area contributed by atoms with E-state index >= 15 is 4.39 Å². The summed E-state index contributed by atoms with van der Waals surface area (Å²) in [5.41, 5.74) is 1.29. The topological polar surface area (TPSA) is 87.9 Å². The van der Waals surface area contributed by atoms with Crippen LogP contribution in [0, 0.1) is 29.4 Å². The van der Waals surface area contributed by atoms with E-state index in [1.807, 2.05) is 4.90 Å². The number of imidazole rings is 1. The van der Waals surface area contributed by atoms with Crippen molar-refractivity contribution < 1.29 is 23.4 Å². The lowest BCUT2D eigenvalue weighted by Gasteiger charge is -2.34. The molecule has 2 aromatic heterocycles. The molecule has 45 heavy (non-hydrogen) atoms. The maximum atomic E-state index is 16.7. The van der Waals surface area contributed by atoms with Gasteiger partial charge in [0.25, 0.3) is 0 Å². The fourth-order valence-corrected chi connectivity index (χ4v) is 7.41. The van der Waals surface area contributed by atoms with Crippen molar-refractivity contribution in [2.24, 2.45) is 5.41 Å². The maximum absolute atomic E-state index is 16.7. The molecule has 0 amide bonds. The van der Waals surface area contributed by atoms with Gasteiger partial charge < -0.3 is 29.4 Å². The molecule has 2 aromatic carbocycles. The normalized spacial score (nSPS) is 22.6. The highest BCUT2D eigenvalue weighted by atomic mass is 19.1. The number of hydrogen-bond acceptors (Lipinski definition) is 8. The third-order valence-corrected chi connectivity index (χ3v) is 9.92. The van der Waals surface area contributed by atoms with Crippen LogP contribution in [0.25, 0.3) is 21.8 Å². The Hall–Kier alpha value is -3.98. The number of nitrogens with zero attached hydrogens (tertiary/aromatic N) is 5. The number of piperazine rings is 1. The van der Waals surface area contributed by atoms with Crippen molar-refractivity contribution >= 4 is 27.6 Å². The predicted molar refractivity (Wildman–Crippen MR) is 167 cm³/mol. The molecule has 2 unspecified atom stereocenters. The van der Waals surface area contributed by atoms with Crippen molar-refractivity contribution in [3.05, 3.63) is 53.4 Å². The second kappa shape index (κ2) is 11.1. The molecule has 2 N–H and O–H groups in total. The quantitative estimate of drug-likeness (QED) is 0.288. The molecule has 2 atom stereocenters. The van der Waals surface area contributed by atoms with E-state index in [1.165, 1.54) is 6.07 Å². The van der Waals surface area contributed by atoms with Crippen LogP contribution in [-0.4, -0.2) is 89.2 Å². The van der Waals surface area contributed by atoms with Crippen LogP contribution in [0.3, 0.4) is 0 Å². The Morgan fingerprint density at radius 1 is 1.13 bits per heavy atom. The van der Waals surface area contributed by atoms with E-state index in [4.69, 9.17) is 20.9 Å². The molecule has 5 heterocycles. The molecule has 4 aliphatic rings. The average molecular weight is 615 g/mol. The van der Waals surface area contributed by atoms with Gasteiger partial charge in [-0.1, -0.05) is 12.0 Å². The standard InChI is InChI=1S/C34H36F2N6O3/c1-2-26-27(35)6-3-21-13-25(43)14-22(28(21)26)15-42-20-37-30-31(42)29(36)32(41-16-23-4-5-24(17-41)38-23)39-33(30)45-19-34(7-8-34)18-40-9-11-44-12-10-40/h1,3,6,13-14,20,23-24,38,43H,4-5,7-12,15-19H2. The van der Waals surface area contributed by atoms with Gasteiger partial charge in [0.1, 0.15) is 17.1 Å². The Morgan fingerprint density at radius 2 is 1.91 bits per heavy atom. The van der Waals surface area contributed by atoms with Gasteiger partial charge in [0.05, 0.1) is 31.7 Å². The third kappa shape index (κ3) is 5.25. The van der Waals surface area contributed by atoms with Gasteiger partial charge in [-0.25, -0.2) is 13.8 Å². The molecule has 8 rings (SSSR count). The van der Waals surface area contributed by atoms with E-state index in [9.17, 15) is 9.50 Å². The number of aromatic nitrogens is 3. The number of ether oxygens (including phenoxy) is 2. The van der Waals surface area contributed by atoms with Crippen molar-refractivity contribution in [2.45, 2.75) is 44.3 Å². The van der Waals surface area contributed by atoms with Crippen molar-refractivity contribution in [3.63, 3.8) is 0 Å². The molecular formula is C34H36F2N6O3. The molecule has 3 saturated heterocycles. The smallest absolute Gasteiger partial charge is 0.244 e. The predicted octanol–water partition coefficient (Wildman–Crippen LogP) is 4.03. The van der Waals surface area contributed by atoms with Crippen LogP contribution in [-0.2, 0) is 11.3 Å². The van der Waals surface area contributed by atoms with E-state index in [0.29, 0.717) is 47.4 Å². The van der Waals surface area contributed by atoms with E-state index in [2.05, 4.69) is 21.1 Å². The van der Waals surface area contributed by atoms with Gasteiger partial charge in [-0.2, -0.15) is 4.98 Å². The van der Waals surface area contributed by atoms with Gasteiger partial charge in [0, 0.05) is 62.2 Å². The molecule has 4 fully saturated rings. The van der Waals surface area contributed by atoms with Gasteiger partial charge >= 0.3 is 0 Å². The largest absolute Gasteiger partial charge is 0.508 e. The molecule has 0 spiro atoms. The highest BCUT2D eigenvalue weighted by Gasteiger charge is 2.45. The summed E-state index contributed by atoms with van der Waals surface area (Å²) in [6.45, 7) is 6.13. The summed E-state index contributed by atoms with van der Waals surface area (Å²) >= 11 is 0. The molecule has 1 saturated carbocycles. The molecule has 9 nitrogen and oxygen atoms in total. The van der Waals surface area contributed by atoms with Crippen LogP contribution < -0.4 is 15.0 Å². The Labute approximate surface area is 260 Å². The number of morpholine rings is 1. The summed E-state index contributed by atoms with van der Waals surface area (Å²) in [4.78, 5) is 13.9. The first-order valence-corrected chi connectivity index (χ1v) is 15.8. The first-order valence-electron chi connectivity index (χ1n) is 15.8. The van der Waals surface area contributed by atoms with Gasteiger partial charge in [-0.3, -0.25) is 4.90 Å². The zero-order valence-electron chi connectivity index (χ0n) is 25.1. The van der Waals surface area contributed by atoms with E-state index in [-0.39, 0.29) is 46.7 Å². The first-order chi connectivity index (χ1) is 21.9. The van der Waals surface area contributed by atoms with Crippen molar-refractivity contribution in [2.75, 3.05) is 57.4 Å². The van der Waals surface area contributed by atoms with Crippen molar-refractivity contribution in [1.82, 2.24) is 24.8 Å². The highest BCUT2D eigenvalue weighted by molar-refractivity contribution is 5.93. The number of anilines is 1.